The third-order valence-electron chi connectivity index (χ3n) is 4.88. The highest BCUT2D eigenvalue weighted by Crippen LogP contribution is 2.38. The van der Waals surface area contributed by atoms with E-state index in [1.165, 1.54) is 13.0 Å². The molecule has 0 saturated carbocycles. The van der Waals surface area contributed by atoms with E-state index in [4.69, 9.17) is 0 Å². The number of alkyl halides is 3. The van der Waals surface area contributed by atoms with Gasteiger partial charge >= 0.3 is 18.1 Å². The van der Waals surface area contributed by atoms with Gasteiger partial charge in [-0.1, -0.05) is 0 Å². The van der Waals surface area contributed by atoms with Crippen LogP contribution in [0.25, 0.3) is 11.3 Å². The number of rotatable bonds is 9. The summed E-state index contributed by atoms with van der Waals surface area (Å²) >= 11 is 0. The van der Waals surface area contributed by atoms with E-state index in [1.54, 1.807) is 0 Å². The molecule has 2 aromatic rings. The Morgan fingerprint density at radius 2 is 1.68 bits per heavy atom. The van der Waals surface area contributed by atoms with E-state index in [9.17, 15) is 31.9 Å². The van der Waals surface area contributed by atoms with E-state index in [1.807, 2.05) is 0 Å². The fourth-order valence-electron chi connectivity index (χ4n) is 3.17. The molecule has 0 aliphatic heterocycles. The molecular formula is C22H23F4N3O5. The Balaban J connectivity index is 2.54. The number of esters is 2. The predicted octanol–water partition coefficient (Wildman–Crippen LogP) is 3.93. The normalized spacial score (nSPS) is 12.1. The number of halogens is 4. The monoisotopic (exact) mass is 485 g/mol. The van der Waals surface area contributed by atoms with Crippen LogP contribution >= 0.6 is 0 Å². The first-order valence-corrected chi connectivity index (χ1v) is 10.1. The lowest BCUT2D eigenvalue weighted by molar-refractivity contribution is -0.142. The average molecular weight is 485 g/mol. The molecule has 12 heteroatoms. The van der Waals surface area contributed by atoms with Crippen LogP contribution in [0.2, 0.25) is 0 Å². The van der Waals surface area contributed by atoms with Crippen molar-refractivity contribution in [2.45, 2.75) is 44.8 Å². The Bertz CT molecular complexity index is 1050. The zero-order valence-electron chi connectivity index (χ0n) is 18.7. The highest BCUT2D eigenvalue weighted by Gasteiger charge is 2.39. The number of pyridine rings is 2. The standard InChI is InChI=1S/C22H23F4N3O5/c1-13(4-8-19(31)33-2)29(18(30)7-9-20(32)34-3)17-6-5-16(28-21(17)22(24,25)26)14-10-15(23)12-27-11-14/h5-6,10-13H,4,7-9H2,1-3H3. The van der Waals surface area contributed by atoms with Crippen LogP contribution in [0, 0.1) is 5.82 Å². The number of aromatic nitrogens is 2. The summed E-state index contributed by atoms with van der Waals surface area (Å²) in [5, 5.41) is 0. The lowest BCUT2D eigenvalue weighted by atomic mass is 10.1. The molecule has 2 rings (SSSR count). The van der Waals surface area contributed by atoms with Crippen LogP contribution in [0.4, 0.5) is 23.2 Å². The van der Waals surface area contributed by atoms with Gasteiger partial charge in [0.05, 0.1) is 38.2 Å². The van der Waals surface area contributed by atoms with Gasteiger partial charge in [-0.3, -0.25) is 19.4 Å². The van der Waals surface area contributed by atoms with Gasteiger partial charge in [-0.15, -0.1) is 0 Å². The van der Waals surface area contributed by atoms with E-state index >= 15 is 0 Å². The molecule has 0 aliphatic rings. The third kappa shape index (κ3) is 6.96. The number of anilines is 1. The Kier molecular flexibility index (Phi) is 9.04. The van der Waals surface area contributed by atoms with Crippen LogP contribution in [0.5, 0.6) is 0 Å². The molecule has 0 aliphatic carbocycles. The summed E-state index contributed by atoms with van der Waals surface area (Å²) in [5.74, 6) is -2.86. The van der Waals surface area contributed by atoms with Gasteiger partial charge in [-0.05, 0) is 31.5 Å². The number of nitrogens with zero attached hydrogens (tertiary/aromatic N) is 3. The molecule has 0 N–H and O–H groups in total. The van der Waals surface area contributed by atoms with Crippen molar-refractivity contribution in [1.29, 1.82) is 0 Å². The van der Waals surface area contributed by atoms with Crippen LogP contribution in [0.1, 0.15) is 38.3 Å². The van der Waals surface area contributed by atoms with E-state index in [0.29, 0.717) is 0 Å². The Morgan fingerprint density at radius 1 is 1.03 bits per heavy atom. The van der Waals surface area contributed by atoms with Crippen molar-refractivity contribution in [1.82, 2.24) is 9.97 Å². The van der Waals surface area contributed by atoms with E-state index in [-0.39, 0.29) is 30.5 Å². The largest absolute Gasteiger partial charge is 0.469 e. The van der Waals surface area contributed by atoms with E-state index in [0.717, 1.165) is 43.6 Å². The number of ether oxygens (including phenoxy) is 2. The first-order chi connectivity index (χ1) is 16.0. The lowest BCUT2D eigenvalue weighted by Crippen LogP contribution is -2.40. The van der Waals surface area contributed by atoms with Crippen LogP contribution in [0.3, 0.4) is 0 Å². The van der Waals surface area contributed by atoms with Crippen molar-refractivity contribution in [3.05, 3.63) is 42.1 Å². The topological polar surface area (TPSA) is 98.7 Å². The van der Waals surface area contributed by atoms with Crippen molar-refractivity contribution in [2.24, 2.45) is 0 Å². The number of hydrogen-bond acceptors (Lipinski definition) is 7. The third-order valence-corrected chi connectivity index (χ3v) is 4.88. The van der Waals surface area contributed by atoms with Gasteiger partial charge in [0.1, 0.15) is 5.82 Å². The molecule has 0 fully saturated rings. The molecule has 8 nitrogen and oxygen atoms in total. The molecule has 0 saturated heterocycles. The number of methoxy groups -OCH3 is 2. The van der Waals surface area contributed by atoms with Crippen molar-refractivity contribution >= 4 is 23.5 Å². The minimum absolute atomic E-state index is 0.0104. The number of hydrogen-bond donors (Lipinski definition) is 0. The van der Waals surface area contributed by atoms with Crippen molar-refractivity contribution in [3.63, 3.8) is 0 Å². The van der Waals surface area contributed by atoms with Gasteiger partial charge in [0.25, 0.3) is 0 Å². The number of amides is 1. The van der Waals surface area contributed by atoms with Crippen molar-refractivity contribution in [3.8, 4) is 11.3 Å². The summed E-state index contributed by atoms with van der Waals surface area (Å²) in [7, 11) is 2.28. The molecule has 2 aromatic heterocycles. The van der Waals surface area contributed by atoms with Gasteiger partial charge in [0.2, 0.25) is 5.91 Å². The second kappa shape index (κ2) is 11.5. The van der Waals surface area contributed by atoms with Gasteiger partial charge in [-0.2, -0.15) is 13.2 Å². The van der Waals surface area contributed by atoms with Gasteiger partial charge < -0.3 is 14.4 Å². The molecule has 2 heterocycles. The first-order valence-electron chi connectivity index (χ1n) is 10.1. The Morgan fingerprint density at radius 3 is 2.26 bits per heavy atom. The minimum Gasteiger partial charge on any atom is -0.469 e. The zero-order chi connectivity index (χ0) is 25.5. The zero-order valence-corrected chi connectivity index (χ0v) is 18.7. The molecule has 1 atom stereocenters. The first kappa shape index (κ1) is 26.7. The quantitative estimate of drug-likeness (QED) is 0.392. The SMILES string of the molecule is COC(=O)CCC(=O)N(c1ccc(-c2cncc(F)c2)nc1C(F)(F)F)C(C)CCC(=O)OC. The molecule has 0 aromatic carbocycles. The summed E-state index contributed by atoms with van der Waals surface area (Å²) in [4.78, 5) is 44.1. The molecule has 184 valence electrons. The van der Waals surface area contributed by atoms with Crippen LogP contribution in [-0.4, -0.2) is 48.1 Å². The minimum atomic E-state index is -4.98. The highest BCUT2D eigenvalue weighted by molar-refractivity contribution is 5.96. The lowest BCUT2D eigenvalue weighted by Gasteiger charge is -2.31. The molecule has 1 amide bonds. The highest BCUT2D eigenvalue weighted by atomic mass is 19.4. The summed E-state index contributed by atoms with van der Waals surface area (Å²) < 4.78 is 64.6. The fraction of sp³-hybridized carbons (Fsp3) is 0.409. The fourth-order valence-corrected chi connectivity index (χ4v) is 3.17. The number of carbonyl (C=O) groups is 3. The molecule has 0 bridgehead atoms. The van der Waals surface area contributed by atoms with Crippen molar-refractivity contribution < 1.29 is 41.4 Å². The van der Waals surface area contributed by atoms with Crippen molar-refractivity contribution in [2.75, 3.05) is 19.1 Å². The predicted molar refractivity (Wildman–Crippen MR) is 112 cm³/mol. The maximum Gasteiger partial charge on any atom is 0.435 e. The summed E-state index contributed by atoms with van der Waals surface area (Å²) in [6.07, 6.45) is -3.87. The smallest absolute Gasteiger partial charge is 0.435 e. The molecule has 34 heavy (non-hydrogen) atoms. The van der Waals surface area contributed by atoms with Crippen LogP contribution in [-0.2, 0) is 30.0 Å². The summed E-state index contributed by atoms with van der Waals surface area (Å²) in [6.45, 7) is 1.46. The molecular weight excluding hydrogens is 462 g/mol. The molecule has 0 spiro atoms. The molecule has 0 radical (unpaired) electrons. The maximum atomic E-state index is 14.0. The second-order valence-corrected chi connectivity index (χ2v) is 7.26. The molecule has 1 unspecified atom stereocenters. The van der Waals surface area contributed by atoms with Crippen LogP contribution < -0.4 is 4.90 Å². The average Bonchev–Trinajstić information content (AvgIpc) is 2.80. The Hall–Kier alpha value is -3.57. The number of carbonyl (C=O) groups excluding carboxylic acids is 3. The van der Waals surface area contributed by atoms with Gasteiger partial charge in [0, 0.05) is 30.6 Å². The van der Waals surface area contributed by atoms with Gasteiger partial charge in [0.15, 0.2) is 5.69 Å². The Labute approximate surface area is 192 Å². The maximum absolute atomic E-state index is 14.0. The summed E-state index contributed by atoms with van der Waals surface area (Å²) in [5.41, 5.74) is -2.13. The van der Waals surface area contributed by atoms with E-state index in [2.05, 4.69) is 19.4 Å². The second-order valence-electron chi connectivity index (χ2n) is 7.26. The van der Waals surface area contributed by atoms with E-state index < -0.39 is 53.7 Å². The summed E-state index contributed by atoms with van der Waals surface area (Å²) in [6, 6.07) is 2.34. The van der Waals surface area contributed by atoms with Crippen LogP contribution in [0.15, 0.2) is 30.6 Å². The van der Waals surface area contributed by atoms with Gasteiger partial charge in [-0.25, -0.2) is 9.37 Å².